The summed E-state index contributed by atoms with van der Waals surface area (Å²) in [5.74, 6) is 0.902. The lowest BCUT2D eigenvalue weighted by atomic mass is 10.3. The number of nitrogens with zero attached hydrogens (tertiary/aromatic N) is 2. The van der Waals surface area contributed by atoms with Gasteiger partial charge in [0.2, 0.25) is 0 Å². The molecule has 1 saturated heterocycles. The van der Waals surface area contributed by atoms with Gasteiger partial charge in [-0.2, -0.15) is 0 Å². The average molecular weight is 249 g/mol. The summed E-state index contributed by atoms with van der Waals surface area (Å²) in [6.45, 7) is 6.84. The number of benzene rings is 1. The van der Waals surface area contributed by atoms with Crippen molar-refractivity contribution in [2.45, 2.75) is 0 Å². The molecule has 1 aromatic rings. The summed E-state index contributed by atoms with van der Waals surface area (Å²) in [7, 11) is 3.88. The normalized spacial score (nSPS) is 17.7. The van der Waals surface area contributed by atoms with E-state index in [1.165, 1.54) is 26.2 Å². The maximum absolute atomic E-state index is 5.14. The van der Waals surface area contributed by atoms with Crippen LogP contribution in [0.3, 0.4) is 0 Å². The molecule has 1 heterocycles. The molecule has 0 atom stereocenters. The number of anilines is 1. The molecule has 0 radical (unpaired) electrons. The van der Waals surface area contributed by atoms with E-state index in [0.29, 0.717) is 0 Å². The zero-order valence-electron chi connectivity index (χ0n) is 11.4. The molecule has 0 saturated carbocycles. The van der Waals surface area contributed by atoms with Gasteiger partial charge >= 0.3 is 0 Å². The second kappa shape index (κ2) is 6.61. The lowest BCUT2D eigenvalue weighted by Gasteiger charge is -2.32. The van der Waals surface area contributed by atoms with E-state index in [0.717, 1.165) is 24.5 Å². The lowest BCUT2D eigenvalue weighted by Crippen LogP contribution is -2.45. The standard InChI is InChI=1S/C14H23N3O/c1-16-9-11-17(12-10-16)8-7-15-13-3-5-14(18-2)6-4-13/h3-6,15H,7-12H2,1-2H3. The number of piperazine rings is 1. The molecule has 1 aromatic carbocycles. The van der Waals surface area contributed by atoms with Gasteiger partial charge < -0.3 is 15.0 Å². The quantitative estimate of drug-likeness (QED) is 0.852. The second-order valence-electron chi connectivity index (χ2n) is 4.80. The third-order valence-corrected chi connectivity index (χ3v) is 3.44. The van der Waals surface area contributed by atoms with E-state index in [1.807, 2.05) is 12.1 Å². The Kier molecular flexibility index (Phi) is 4.84. The van der Waals surface area contributed by atoms with Crippen LogP contribution < -0.4 is 10.1 Å². The molecule has 2 rings (SSSR count). The van der Waals surface area contributed by atoms with Crippen LogP contribution in [0.15, 0.2) is 24.3 Å². The van der Waals surface area contributed by atoms with Crippen molar-refractivity contribution < 1.29 is 4.74 Å². The van der Waals surface area contributed by atoms with E-state index in [4.69, 9.17) is 4.74 Å². The van der Waals surface area contributed by atoms with Gasteiger partial charge in [0.05, 0.1) is 7.11 Å². The zero-order valence-corrected chi connectivity index (χ0v) is 11.4. The zero-order chi connectivity index (χ0) is 12.8. The van der Waals surface area contributed by atoms with Crippen LogP contribution in [-0.2, 0) is 0 Å². The van der Waals surface area contributed by atoms with E-state index in [2.05, 4.69) is 34.3 Å². The molecule has 0 spiro atoms. The molecule has 1 fully saturated rings. The van der Waals surface area contributed by atoms with Crippen LogP contribution in [0.5, 0.6) is 5.75 Å². The summed E-state index contributed by atoms with van der Waals surface area (Å²) in [5.41, 5.74) is 1.16. The fraction of sp³-hybridized carbons (Fsp3) is 0.571. The van der Waals surface area contributed by atoms with Gasteiger partial charge in [-0.15, -0.1) is 0 Å². The summed E-state index contributed by atoms with van der Waals surface area (Å²) in [6.07, 6.45) is 0. The molecule has 1 N–H and O–H groups in total. The fourth-order valence-electron chi connectivity index (χ4n) is 2.14. The topological polar surface area (TPSA) is 27.7 Å². The Morgan fingerprint density at radius 1 is 1.11 bits per heavy atom. The summed E-state index contributed by atoms with van der Waals surface area (Å²) < 4.78 is 5.14. The molecule has 1 aliphatic heterocycles. The number of rotatable bonds is 5. The lowest BCUT2D eigenvalue weighted by molar-refractivity contribution is 0.158. The van der Waals surface area contributed by atoms with Gasteiger partial charge in [0, 0.05) is 45.0 Å². The minimum atomic E-state index is 0.902. The number of ether oxygens (including phenoxy) is 1. The largest absolute Gasteiger partial charge is 0.497 e. The molecule has 0 aliphatic carbocycles. The molecule has 1 aliphatic rings. The van der Waals surface area contributed by atoms with E-state index >= 15 is 0 Å². The fourth-order valence-corrected chi connectivity index (χ4v) is 2.14. The van der Waals surface area contributed by atoms with Crippen LogP contribution in [0.25, 0.3) is 0 Å². The SMILES string of the molecule is COc1ccc(NCCN2CCN(C)CC2)cc1. The molecular weight excluding hydrogens is 226 g/mol. The van der Waals surface area contributed by atoms with Crippen LogP contribution in [0.4, 0.5) is 5.69 Å². The Bertz CT molecular complexity index is 345. The van der Waals surface area contributed by atoms with E-state index < -0.39 is 0 Å². The van der Waals surface area contributed by atoms with Gasteiger partial charge in [-0.25, -0.2) is 0 Å². The Morgan fingerprint density at radius 2 is 1.78 bits per heavy atom. The van der Waals surface area contributed by atoms with E-state index in [1.54, 1.807) is 7.11 Å². The van der Waals surface area contributed by atoms with Crippen molar-refractivity contribution in [3.8, 4) is 5.75 Å². The minimum Gasteiger partial charge on any atom is -0.497 e. The van der Waals surface area contributed by atoms with Crippen molar-refractivity contribution in [3.63, 3.8) is 0 Å². The highest BCUT2D eigenvalue weighted by atomic mass is 16.5. The van der Waals surface area contributed by atoms with Crippen LogP contribution >= 0.6 is 0 Å². The van der Waals surface area contributed by atoms with Crippen molar-refractivity contribution in [2.75, 3.05) is 58.7 Å². The minimum absolute atomic E-state index is 0.902. The molecule has 0 amide bonds. The number of likely N-dealkylation sites (N-methyl/N-ethyl adjacent to an activating group) is 1. The monoisotopic (exact) mass is 249 g/mol. The maximum Gasteiger partial charge on any atom is 0.119 e. The number of methoxy groups -OCH3 is 1. The van der Waals surface area contributed by atoms with Crippen molar-refractivity contribution in [1.82, 2.24) is 9.80 Å². The molecule has 0 unspecified atom stereocenters. The first kappa shape index (κ1) is 13.2. The Hall–Kier alpha value is -1.26. The smallest absolute Gasteiger partial charge is 0.119 e. The highest BCUT2D eigenvalue weighted by molar-refractivity contribution is 5.46. The first-order valence-corrected chi connectivity index (χ1v) is 6.57. The summed E-state index contributed by atoms with van der Waals surface area (Å²) in [4.78, 5) is 4.89. The van der Waals surface area contributed by atoms with Crippen LogP contribution in [-0.4, -0.2) is 63.2 Å². The molecule has 4 heteroatoms. The average Bonchev–Trinajstić information content (AvgIpc) is 2.42. The predicted octanol–water partition coefficient (Wildman–Crippen LogP) is 1.35. The maximum atomic E-state index is 5.14. The molecule has 100 valence electrons. The third-order valence-electron chi connectivity index (χ3n) is 3.44. The molecule has 0 bridgehead atoms. The summed E-state index contributed by atoms with van der Waals surface area (Å²) >= 11 is 0. The molecule has 0 aromatic heterocycles. The molecule has 18 heavy (non-hydrogen) atoms. The number of hydrogen-bond acceptors (Lipinski definition) is 4. The van der Waals surface area contributed by atoms with E-state index in [-0.39, 0.29) is 0 Å². The second-order valence-corrected chi connectivity index (χ2v) is 4.80. The first-order valence-electron chi connectivity index (χ1n) is 6.57. The van der Waals surface area contributed by atoms with Gasteiger partial charge in [0.1, 0.15) is 5.75 Å². The van der Waals surface area contributed by atoms with Crippen LogP contribution in [0, 0.1) is 0 Å². The Morgan fingerprint density at radius 3 is 2.39 bits per heavy atom. The van der Waals surface area contributed by atoms with Crippen LogP contribution in [0.2, 0.25) is 0 Å². The van der Waals surface area contributed by atoms with E-state index in [9.17, 15) is 0 Å². The van der Waals surface area contributed by atoms with Crippen molar-refractivity contribution in [1.29, 1.82) is 0 Å². The highest BCUT2D eigenvalue weighted by Gasteiger charge is 2.12. The van der Waals surface area contributed by atoms with Gasteiger partial charge in [-0.05, 0) is 31.3 Å². The van der Waals surface area contributed by atoms with Gasteiger partial charge in [0.15, 0.2) is 0 Å². The first-order chi connectivity index (χ1) is 8.78. The molecule has 4 nitrogen and oxygen atoms in total. The predicted molar refractivity (Wildman–Crippen MR) is 75.4 cm³/mol. The number of nitrogens with one attached hydrogen (secondary N) is 1. The van der Waals surface area contributed by atoms with Crippen molar-refractivity contribution >= 4 is 5.69 Å². The number of hydrogen-bond donors (Lipinski definition) is 1. The Balaban J connectivity index is 1.68. The van der Waals surface area contributed by atoms with Gasteiger partial charge in [-0.3, -0.25) is 4.90 Å². The summed E-state index contributed by atoms with van der Waals surface area (Å²) in [5, 5.41) is 3.44. The van der Waals surface area contributed by atoms with Crippen LogP contribution in [0.1, 0.15) is 0 Å². The van der Waals surface area contributed by atoms with Gasteiger partial charge in [0.25, 0.3) is 0 Å². The molecular formula is C14H23N3O. The Labute approximate surface area is 110 Å². The van der Waals surface area contributed by atoms with Gasteiger partial charge in [-0.1, -0.05) is 0 Å². The van der Waals surface area contributed by atoms with Crippen molar-refractivity contribution in [3.05, 3.63) is 24.3 Å². The third kappa shape index (κ3) is 3.89. The highest BCUT2D eigenvalue weighted by Crippen LogP contribution is 2.14. The summed E-state index contributed by atoms with van der Waals surface area (Å²) in [6, 6.07) is 8.09. The van der Waals surface area contributed by atoms with Crippen molar-refractivity contribution in [2.24, 2.45) is 0 Å².